The number of rotatable bonds is 6. The number of carbonyl (C=O) groups is 3. The first kappa shape index (κ1) is 18.6. The molecule has 27 heavy (non-hydrogen) atoms. The van der Waals surface area contributed by atoms with Gasteiger partial charge in [-0.15, -0.1) is 0 Å². The van der Waals surface area contributed by atoms with Crippen molar-refractivity contribution in [3.63, 3.8) is 0 Å². The van der Waals surface area contributed by atoms with E-state index in [9.17, 15) is 18.8 Å². The summed E-state index contributed by atoms with van der Waals surface area (Å²) >= 11 is 0. The molecule has 0 bridgehead atoms. The molecule has 2 aromatic rings. The van der Waals surface area contributed by atoms with Gasteiger partial charge in [0, 0.05) is 18.5 Å². The molecule has 1 amide bonds. The molecular formula is C20H18FNO5. The summed E-state index contributed by atoms with van der Waals surface area (Å²) < 4.78 is 23.6. The van der Waals surface area contributed by atoms with Gasteiger partial charge in [0.15, 0.2) is 24.0 Å². The molecule has 6 nitrogen and oxygen atoms in total. The fraction of sp³-hybridized carbons (Fsp3) is 0.250. The van der Waals surface area contributed by atoms with Crippen LogP contribution >= 0.6 is 0 Å². The Bertz CT molecular complexity index is 896. The number of ether oxygens (including phenoxy) is 2. The molecule has 1 saturated heterocycles. The standard InChI is InChI=1S/C20H18FNO5/c1-26-18-9-8-13(11-15(18)21)17(23)12-27-20(25)14-5-2-3-6-16(14)22-10-4-7-19(22)24/h2-3,5-6,8-9,11H,4,7,10,12H2,1H3. The first-order valence-electron chi connectivity index (χ1n) is 8.44. The number of amides is 1. The third-order valence-corrected chi connectivity index (χ3v) is 4.30. The maximum absolute atomic E-state index is 13.7. The lowest BCUT2D eigenvalue weighted by Gasteiger charge is -2.18. The summed E-state index contributed by atoms with van der Waals surface area (Å²) in [4.78, 5) is 38.1. The SMILES string of the molecule is COc1ccc(C(=O)COC(=O)c2ccccc2N2CCCC2=O)cc1F. The van der Waals surface area contributed by atoms with E-state index in [0.29, 0.717) is 18.7 Å². The highest BCUT2D eigenvalue weighted by Gasteiger charge is 2.26. The van der Waals surface area contributed by atoms with Gasteiger partial charge in [-0.3, -0.25) is 9.59 Å². The molecule has 0 atom stereocenters. The summed E-state index contributed by atoms with van der Waals surface area (Å²) in [6.07, 6.45) is 1.16. The lowest BCUT2D eigenvalue weighted by Crippen LogP contribution is -2.26. The predicted octanol–water partition coefficient (Wildman–Crippen LogP) is 3.00. The first-order valence-corrected chi connectivity index (χ1v) is 8.44. The maximum atomic E-state index is 13.7. The van der Waals surface area contributed by atoms with E-state index in [1.54, 1.807) is 24.3 Å². The van der Waals surface area contributed by atoms with Gasteiger partial charge in [-0.1, -0.05) is 12.1 Å². The number of nitrogens with zero attached hydrogens (tertiary/aromatic N) is 1. The summed E-state index contributed by atoms with van der Waals surface area (Å²) in [6.45, 7) is 0.0000647. The summed E-state index contributed by atoms with van der Waals surface area (Å²) in [7, 11) is 1.32. The topological polar surface area (TPSA) is 72.9 Å². The van der Waals surface area contributed by atoms with Crippen LogP contribution in [-0.4, -0.2) is 37.9 Å². The number of anilines is 1. The van der Waals surface area contributed by atoms with Crippen LogP contribution in [0.1, 0.15) is 33.6 Å². The molecule has 0 aliphatic carbocycles. The molecule has 0 N–H and O–H groups in total. The van der Waals surface area contributed by atoms with Crippen molar-refractivity contribution in [3.8, 4) is 5.75 Å². The van der Waals surface area contributed by atoms with E-state index in [4.69, 9.17) is 9.47 Å². The molecule has 7 heteroatoms. The zero-order valence-electron chi connectivity index (χ0n) is 14.7. The number of ketones is 1. The minimum Gasteiger partial charge on any atom is -0.494 e. The third kappa shape index (κ3) is 3.97. The van der Waals surface area contributed by atoms with Crippen molar-refractivity contribution in [1.82, 2.24) is 0 Å². The number of hydrogen-bond acceptors (Lipinski definition) is 5. The van der Waals surface area contributed by atoms with Crippen LogP contribution in [0.3, 0.4) is 0 Å². The van der Waals surface area contributed by atoms with Crippen LogP contribution in [0.5, 0.6) is 5.75 Å². The smallest absolute Gasteiger partial charge is 0.340 e. The van der Waals surface area contributed by atoms with Gasteiger partial charge >= 0.3 is 5.97 Å². The van der Waals surface area contributed by atoms with Gasteiger partial charge in [-0.2, -0.15) is 0 Å². The van der Waals surface area contributed by atoms with Crippen LogP contribution in [0.2, 0.25) is 0 Å². The monoisotopic (exact) mass is 371 g/mol. The molecule has 0 radical (unpaired) electrons. The summed E-state index contributed by atoms with van der Waals surface area (Å²) in [5, 5.41) is 0. The normalized spacial score (nSPS) is 13.6. The van der Waals surface area contributed by atoms with Gasteiger partial charge in [0.2, 0.25) is 5.91 Å². The van der Waals surface area contributed by atoms with Crippen molar-refractivity contribution < 1.29 is 28.2 Å². The molecule has 1 fully saturated rings. The molecule has 0 unspecified atom stereocenters. The van der Waals surface area contributed by atoms with E-state index in [1.807, 2.05) is 0 Å². The minimum atomic E-state index is -0.715. The molecule has 140 valence electrons. The Kier molecular flexibility index (Phi) is 5.49. The van der Waals surface area contributed by atoms with Crippen LogP contribution in [0.4, 0.5) is 10.1 Å². The molecule has 1 heterocycles. The second-order valence-electron chi connectivity index (χ2n) is 6.01. The van der Waals surface area contributed by atoms with Gasteiger partial charge < -0.3 is 14.4 Å². The second kappa shape index (κ2) is 7.99. The number of carbonyl (C=O) groups excluding carboxylic acids is 3. The van der Waals surface area contributed by atoms with E-state index >= 15 is 0 Å². The molecule has 0 spiro atoms. The van der Waals surface area contributed by atoms with Crippen LogP contribution in [-0.2, 0) is 9.53 Å². The van der Waals surface area contributed by atoms with E-state index < -0.39 is 24.2 Å². The Morgan fingerprint density at radius 3 is 2.63 bits per heavy atom. The number of para-hydroxylation sites is 1. The van der Waals surface area contributed by atoms with Crippen molar-refractivity contribution in [2.24, 2.45) is 0 Å². The number of halogens is 1. The van der Waals surface area contributed by atoms with E-state index in [-0.39, 0.29) is 22.8 Å². The van der Waals surface area contributed by atoms with Gasteiger partial charge in [0.1, 0.15) is 0 Å². The number of hydrogen-bond donors (Lipinski definition) is 0. The Labute approximate surface area is 155 Å². The first-order chi connectivity index (χ1) is 13.0. The predicted molar refractivity (Wildman–Crippen MR) is 95.6 cm³/mol. The number of benzene rings is 2. The van der Waals surface area contributed by atoms with Crippen molar-refractivity contribution in [2.75, 3.05) is 25.2 Å². The molecule has 1 aliphatic heterocycles. The third-order valence-electron chi connectivity index (χ3n) is 4.30. The number of Topliss-reactive ketones (excluding diaryl/α,β-unsaturated/α-hetero) is 1. The van der Waals surface area contributed by atoms with Crippen molar-refractivity contribution in [1.29, 1.82) is 0 Å². The van der Waals surface area contributed by atoms with Crippen LogP contribution in [0.25, 0.3) is 0 Å². The lowest BCUT2D eigenvalue weighted by molar-refractivity contribution is -0.117. The maximum Gasteiger partial charge on any atom is 0.340 e. The van der Waals surface area contributed by atoms with Gasteiger partial charge in [-0.05, 0) is 36.8 Å². The van der Waals surface area contributed by atoms with Gasteiger partial charge in [0.25, 0.3) is 0 Å². The van der Waals surface area contributed by atoms with Gasteiger partial charge in [-0.25, -0.2) is 9.18 Å². The summed E-state index contributed by atoms with van der Waals surface area (Å²) in [5.74, 6) is -1.97. The summed E-state index contributed by atoms with van der Waals surface area (Å²) in [6, 6.07) is 10.4. The molecule has 2 aromatic carbocycles. The van der Waals surface area contributed by atoms with Crippen LogP contribution in [0, 0.1) is 5.82 Å². The minimum absolute atomic E-state index is 0.0211. The van der Waals surface area contributed by atoms with Crippen LogP contribution in [0.15, 0.2) is 42.5 Å². The highest BCUT2D eigenvalue weighted by atomic mass is 19.1. The summed E-state index contributed by atoms with van der Waals surface area (Å²) in [5.41, 5.74) is 0.749. The fourth-order valence-electron chi connectivity index (χ4n) is 2.92. The lowest BCUT2D eigenvalue weighted by atomic mass is 10.1. The molecule has 0 saturated carbocycles. The highest BCUT2D eigenvalue weighted by Crippen LogP contribution is 2.26. The fourth-order valence-corrected chi connectivity index (χ4v) is 2.92. The largest absolute Gasteiger partial charge is 0.494 e. The highest BCUT2D eigenvalue weighted by molar-refractivity contribution is 6.05. The zero-order chi connectivity index (χ0) is 19.4. The van der Waals surface area contributed by atoms with E-state index in [1.165, 1.54) is 24.1 Å². The van der Waals surface area contributed by atoms with Gasteiger partial charge in [0.05, 0.1) is 18.4 Å². The molecule has 3 rings (SSSR count). The van der Waals surface area contributed by atoms with E-state index in [2.05, 4.69) is 0 Å². The Hall–Kier alpha value is -3.22. The quantitative estimate of drug-likeness (QED) is 0.577. The second-order valence-corrected chi connectivity index (χ2v) is 6.01. The van der Waals surface area contributed by atoms with Crippen molar-refractivity contribution >= 4 is 23.3 Å². The Morgan fingerprint density at radius 2 is 1.96 bits per heavy atom. The van der Waals surface area contributed by atoms with Crippen molar-refractivity contribution in [2.45, 2.75) is 12.8 Å². The molecule has 1 aliphatic rings. The van der Waals surface area contributed by atoms with Crippen molar-refractivity contribution in [3.05, 3.63) is 59.4 Å². The number of methoxy groups -OCH3 is 1. The molecular weight excluding hydrogens is 353 g/mol. The average Bonchev–Trinajstić information content (AvgIpc) is 3.11. The average molecular weight is 371 g/mol. The van der Waals surface area contributed by atoms with Crippen LogP contribution < -0.4 is 9.64 Å². The Balaban J connectivity index is 1.70. The zero-order valence-corrected chi connectivity index (χ0v) is 14.7. The molecule has 0 aromatic heterocycles. The number of esters is 1. The Morgan fingerprint density at radius 1 is 1.19 bits per heavy atom. The van der Waals surface area contributed by atoms with E-state index in [0.717, 1.165) is 12.5 Å².